The number of rotatable bonds is 3. The highest BCUT2D eigenvalue weighted by molar-refractivity contribution is 7.17. The molecule has 25 heavy (non-hydrogen) atoms. The van der Waals surface area contributed by atoms with Gasteiger partial charge in [-0.2, -0.15) is 13.2 Å². The number of benzene rings is 1. The summed E-state index contributed by atoms with van der Waals surface area (Å²) in [5.74, 6) is -0.149. The third kappa shape index (κ3) is 4.38. The number of piperazine rings is 1. The van der Waals surface area contributed by atoms with Crippen LogP contribution in [0.2, 0.25) is 0 Å². The Balaban J connectivity index is 1.67. The molecular weight excluding hydrogens is 351 g/mol. The molecule has 0 bridgehead atoms. The van der Waals surface area contributed by atoms with Crippen LogP contribution in [0.25, 0.3) is 10.6 Å². The van der Waals surface area contributed by atoms with Crippen molar-refractivity contribution in [2.24, 2.45) is 0 Å². The van der Waals surface area contributed by atoms with E-state index in [1.54, 1.807) is 11.8 Å². The van der Waals surface area contributed by atoms with E-state index in [-0.39, 0.29) is 19.0 Å². The second-order valence-electron chi connectivity index (χ2n) is 5.98. The highest BCUT2D eigenvalue weighted by Crippen LogP contribution is 2.29. The van der Waals surface area contributed by atoms with Crippen LogP contribution in [-0.2, 0) is 0 Å². The number of thiazole rings is 1. The van der Waals surface area contributed by atoms with Crippen molar-refractivity contribution < 1.29 is 18.0 Å². The van der Waals surface area contributed by atoms with Crippen LogP contribution in [0.15, 0.2) is 30.3 Å². The SMILES string of the molecule is Cc1nc(-c2ccccc2)sc1C(=O)N1CCN(CC(F)(F)F)CC1. The summed E-state index contributed by atoms with van der Waals surface area (Å²) in [4.78, 5) is 20.7. The second-order valence-corrected chi connectivity index (χ2v) is 6.98. The summed E-state index contributed by atoms with van der Waals surface area (Å²) in [5.41, 5.74) is 1.61. The van der Waals surface area contributed by atoms with E-state index < -0.39 is 12.7 Å². The van der Waals surface area contributed by atoms with E-state index in [4.69, 9.17) is 0 Å². The van der Waals surface area contributed by atoms with Crippen molar-refractivity contribution in [3.63, 3.8) is 0 Å². The predicted molar refractivity (Wildman–Crippen MR) is 90.7 cm³/mol. The zero-order chi connectivity index (χ0) is 18.0. The van der Waals surface area contributed by atoms with Gasteiger partial charge in [-0.1, -0.05) is 30.3 Å². The average Bonchev–Trinajstić information content (AvgIpc) is 2.96. The topological polar surface area (TPSA) is 36.4 Å². The lowest BCUT2D eigenvalue weighted by atomic mass is 10.2. The van der Waals surface area contributed by atoms with Gasteiger partial charge < -0.3 is 4.90 Å². The van der Waals surface area contributed by atoms with Crippen molar-refractivity contribution in [3.05, 3.63) is 40.9 Å². The molecule has 8 heteroatoms. The van der Waals surface area contributed by atoms with Crippen LogP contribution in [0.4, 0.5) is 13.2 Å². The molecule has 0 spiro atoms. The highest BCUT2D eigenvalue weighted by atomic mass is 32.1. The molecule has 1 amide bonds. The molecule has 0 N–H and O–H groups in total. The van der Waals surface area contributed by atoms with E-state index in [9.17, 15) is 18.0 Å². The van der Waals surface area contributed by atoms with Crippen molar-refractivity contribution in [1.29, 1.82) is 0 Å². The summed E-state index contributed by atoms with van der Waals surface area (Å²) in [6.07, 6.45) is -4.20. The summed E-state index contributed by atoms with van der Waals surface area (Å²) in [6.45, 7) is 1.92. The van der Waals surface area contributed by atoms with E-state index in [0.29, 0.717) is 23.7 Å². The van der Waals surface area contributed by atoms with Crippen molar-refractivity contribution in [2.45, 2.75) is 13.1 Å². The van der Waals surface area contributed by atoms with Crippen LogP contribution in [0.3, 0.4) is 0 Å². The number of hydrogen-bond acceptors (Lipinski definition) is 4. The van der Waals surface area contributed by atoms with Gasteiger partial charge in [-0.05, 0) is 6.92 Å². The molecule has 0 unspecified atom stereocenters. The smallest absolute Gasteiger partial charge is 0.335 e. The average molecular weight is 369 g/mol. The number of alkyl halides is 3. The van der Waals surface area contributed by atoms with Gasteiger partial charge in [0.1, 0.15) is 9.88 Å². The molecule has 2 heterocycles. The van der Waals surface area contributed by atoms with Crippen LogP contribution >= 0.6 is 11.3 Å². The van der Waals surface area contributed by atoms with Crippen LogP contribution in [0.1, 0.15) is 15.4 Å². The Morgan fingerprint density at radius 3 is 2.40 bits per heavy atom. The van der Waals surface area contributed by atoms with Gasteiger partial charge in [0.15, 0.2) is 0 Å². The quantitative estimate of drug-likeness (QED) is 0.832. The molecule has 1 aliphatic heterocycles. The van der Waals surface area contributed by atoms with Crippen molar-refractivity contribution >= 4 is 17.2 Å². The summed E-state index contributed by atoms with van der Waals surface area (Å²) in [7, 11) is 0. The summed E-state index contributed by atoms with van der Waals surface area (Å²) < 4.78 is 37.3. The minimum Gasteiger partial charge on any atom is -0.335 e. The molecule has 0 saturated carbocycles. The Morgan fingerprint density at radius 2 is 1.80 bits per heavy atom. The fourth-order valence-corrected chi connectivity index (χ4v) is 3.84. The van der Waals surface area contributed by atoms with E-state index >= 15 is 0 Å². The molecule has 1 saturated heterocycles. The van der Waals surface area contributed by atoms with Crippen molar-refractivity contribution in [3.8, 4) is 10.6 Å². The van der Waals surface area contributed by atoms with Crippen molar-refractivity contribution in [1.82, 2.24) is 14.8 Å². The van der Waals surface area contributed by atoms with Gasteiger partial charge >= 0.3 is 6.18 Å². The summed E-state index contributed by atoms with van der Waals surface area (Å²) in [6, 6.07) is 9.60. The number of hydrogen-bond donors (Lipinski definition) is 0. The first-order valence-corrected chi connectivity index (χ1v) is 8.76. The molecule has 0 aliphatic carbocycles. The summed E-state index contributed by atoms with van der Waals surface area (Å²) in [5, 5.41) is 0.775. The molecule has 3 rings (SSSR count). The van der Waals surface area contributed by atoms with Gasteiger partial charge in [0, 0.05) is 31.7 Å². The monoisotopic (exact) mass is 369 g/mol. The van der Waals surface area contributed by atoms with Gasteiger partial charge in [-0.3, -0.25) is 9.69 Å². The number of nitrogens with zero attached hydrogens (tertiary/aromatic N) is 3. The first kappa shape index (κ1) is 17.9. The van der Waals surface area contributed by atoms with Crippen LogP contribution in [0.5, 0.6) is 0 Å². The standard InChI is InChI=1S/C17H18F3N3OS/c1-12-14(25-15(21-12)13-5-3-2-4-6-13)16(24)23-9-7-22(8-10-23)11-17(18,19)20/h2-6H,7-11H2,1H3. The summed E-state index contributed by atoms with van der Waals surface area (Å²) >= 11 is 1.33. The Morgan fingerprint density at radius 1 is 1.16 bits per heavy atom. The number of aromatic nitrogens is 1. The first-order valence-electron chi connectivity index (χ1n) is 7.95. The highest BCUT2D eigenvalue weighted by Gasteiger charge is 2.33. The predicted octanol–water partition coefficient (Wildman–Crippen LogP) is 3.44. The molecule has 134 valence electrons. The zero-order valence-corrected chi connectivity index (χ0v) is 14.5. The van der Waals surface area contributed by atoms with Gasteiger partial charge in [-0.25, -0.2) is 4.98 Å². The lowest BCUT2D eigenvalue weighted by Gasteiger charge is -2.34. The van der Waals surface area contributed by atoms with E-state index in [2.05, 4.69) is 4.98 Å². The third-order valence-corrected chi connectivity index (χ3v) is 5.27. The van der Waals surface area contributed by atoms with Crippen molar-refractivity contribution in [2.75, 3.05) is 32.7 Å². The Kier molecular flexibility index (Phi) is 5.10. The molecule has 1 aromatic heterocycles. The molecule has 1 aliphatic rings. The van der Waals surface area contributed by atoms with Gasteiger partial charge in [0.05, 0.1) is 12.2 Å². The number of halogens is 3. The van der Waals surface area contributed by atoms with E-state index in [1.807, 2.05) is 30.3 Å². The number of aryl methyl sites for hydroxylation is 1. The fourth-order valence-electron chi connectivity index (χ4n) is 2.81. The largest absolute Gasteiger partial charge is 0.401 e. The number of carbonyl (C=O) groups is 1. The second kappa shape index (κ2) is 7.13. The molecule has 2 aromatic rings. The van der Waals surface area contributed by atoms with E-state index in [1.165, 1.54) is 16.2 Å². The van der Waals surface area contributed by atoms with Gasteiger partial charge in [-0.15, -0.1) is 11.3 Å². The van der Waals surface area contributed by atoms with Crippen LogP contribution in [0, 0.1) is 6.92 Å². The molecule has 1 aromatic carbocycles. The van der Waals surface area contributed by atoms with Gasteiger partial charge in [0.25, 0.3) is 5.91 Å². The Bertz CT molecular complexity index is 737. The molecule has 4 nitrogen and oxygen atoms in total. The minimum absolute atomic E-state index is 0.149. The molecule has 0 radical (unpaired) electrons. The van der Waals surface area contributed by atoms with Gasteiger partial charge in [0.2, 0.25) is 0 Å². The lowest BCUT2D eigenvalue weighted by Crippen LogP contribution is -2.50. The number of carbonyl (C=O) groups excluding carboxylic acids is 1. The lowest BCUT2D eigenvalue weighted by molar-refractivity contribution is -0.148. The maximum atomic E-state index is 12.7. The van der Waals surface area contributed by atoms with Crippen LogP contribution in [-0.4, -0.2) is 59.6 Å². The molecule has 1 fully saturated rings. The molecule has 0 atom stereocenters. The normalized spacial score (nSPS) is 16.2. The zero-order valence-electron chi connectivity index (χ0n) is 13.7. The first-order chi connectivity index (χ1) is 11.8. The Labute approximate surface area is 147 Å². The van der Waals surface area contributed by atoms with E-state index in [0.717, 1.165) is 10.6 Å². The van der Waals surface area contributed by atoms with Crippen LogP contribution < -0.4 is 0 Å². The maximum absolute atomic E-state index is 12.7. The fraction of sp³-hybridized carbons (Fsp3) is 0.412. The Hall–Kier alpha value is -1.93. The third-order valence-electron chi connectivity index (χ3n) is 4.07. The minimum atomic E-state index is -4.20. The number of amides is 1. The maximum Gasteiger partial charge on any atom is 0.401 e. The molecular formula is C17H18F3N3OS.